The fraction of sp³-hybridized carbons (Fsp3) is 0.105. The van der Waals surface area contributed by atoms with Crippen LogP contribution in [0.3, 0.4) is 0 Å². The molecule has 2 aromatic carbocycles. The van der Waals surface area contributed by atoms with Crippen molar-refractivity contribution in [1.82, 2.24) is 4.90 Å². The first-order chi connectivity index (χ1) is 11.1. The van der Waals surface area contributed by atoms with Crippen LogP contribution in [-0.2, 0) is 0 Å². The number of ketones is 1. The van der Waals surface area contributed by atoms with Crippen molar-refractivity contribution < 1.29 is 4.79 Å². The minimum absolute atomic E-state index is 0.00914. The molecule has 1 aromatic heterocycles. The van der Waals surface area contributed by atoms with E-state index in [0.29, 0.717) is 5.02 Å². The molecule has 0 atom stereocenters. The Morgan fingerprint density at radius 2 is 1.87 bits per heavy atom. The Balaban J connectivity index is 2.23. The summed E-state index contributed by atoms with van der Waals surface area (Å²) in [5.74, 6) is 0.00914. The summed E-state index contributed by atoms with van der Waals surface area (Å²) in [6, 6.07) is 15.7. The number of carbonyl (C=O) groups excluding carboxylic acids is 1. The second kappa shape index (κ2) is 6.57. The Kier molecular flexibility index (Phi) is 4.51. The van der Waals surface area contributed by atoms with Gasteiger partial charge in [-0.3, -0.25) is 4.79 Å². The van der Waals surface area contributed by atoms with Crippen molar-refractivity contribution in [3.63, 3.8) is 0 Å². The molecule has 1 heterocycles. The number of hydrogen-bond donors (Lipinski definition) is 0. The van der Waals surface area contributed by atoms with Gasteiger partial charge in [0.15, 0.2) is 5.78 Å². The molecule has 0 unspecified atom stereocenters. The molecule has 0 aliphatic heterocycles. The van der Waals surface area contributed by atoms with E-state index in [0.717, 1.165) is 26.1 Å². The fourth-order valence-corrected chi connectivity index (χ4v) is 3.72. The van der Waals surface area contributed by atoms with Gasteiger partial charge in [0, 0.05) is 47.0 Å². The fourth-order valence-electron chi connectivity index (χ4n) is 2.43. The number of benzene rings is 2. The second-order valence-corrected chi connectivity index (χ2v) is 6.94. The molecule has 23 heavy (non-hydrogen) atoms. The van der Waals surface area contributed by atoms with Gasteiger partial charge >= 0.3 is 0 Å². The normalized spacial score (nSPS) is 11.3. The highest BCUT2D eigenvalue weighted by Crippen LogP contribution is 2.40. The zero-order valence-electron chi connectivity index (χ0n) is 12.9. The van der Waals surface area contributed by atoms with E-state index in [2.05, 4.69) is 0 Å². The van der Waals surface area contributed by atoms with Crippen LogP contribution in [0, 0.1) is 0 Å². The lowest BCUT2D eigenvalue weighted by Crippen LogP contribution is -2.02. The molecular formula is C19H16ClNOS. The highest BCUT2D eigenvalue weighted by Gasteiger charge is 2.18. The summed E-state index contributed by atoms with van der Waals surface area (Å²) >= 11 is 7.68. The Morgan fingerprint density at radius 3 is 2.57 bits per heavy atom. The van der Waals surface area contributed by atoms with Gasteiger partial charge in [-0.15, -0.1) is 11.3 Å². The molecule has 3 aromatic rings. The molecule has 0 spiro atoms. The third-order valence-corrected chi connectivity index (χ3v) is 4.88. The topological polar surface area (TPSA) is 20.3 Å². The van der Waals surface area contributed by atoms with Gasteiger partial charge in [-0.25, -0.2) is 0 Å². The molecule has 0 radical (unpaired) electrons. The second-order valence-electron chi connectivity index (χ2n) is 5.46. The van der Waals surface area contributed by atoms with Gasteiger partial charge in [0.2, 0.25) is 0 Å². The summed E-state index contributed by atoms with van der Waals surface area (Å²) in [6.07, 6.45) is 3.38. The van der Waals surface area contributed by atoms with Crippen molar-refractivity contribution in [3.05, 3.63) is 70.7 Å². The largest absolute Gasteiger partial charge is 0.383 e. The van der Waals surface area contributed by atoms with Crippen LogP contribution in [0.1, 0.15) is 9.67 Å². The third-order valence-electron chi connectivity index (χ3n) is 3.46. The Hall–Kier alpha value is -2.10. The van der Waals surface area contributed by atoms with Gasteiger partial charge in [0.25, 0.3) is 0 Å². The predicted octanol–water partition coefficient (Wildman–Crippen LogP) is 5.48. The van der Waals surface area contributed by atoms with Crippen molar-refractivity contribution in [2.24, 2.45) is 0 Å². The molecule has 0 saturated carbocycles. The number of allylic oxidation sites excluding steroid dienone is 1. The predicted molar refractivity (Wildman–Crippen MR) is 99.4 cm³/mol. The lowest BCUT2D eigenvalue weighted by Gasteiger charge is -2.05. The van der Waals surface area contributed by atoms with E-state index in [1.165, 1.54) is 11.3 Å². The number of fused-ring (bicyclic) bond motifs is 1. The molecule has 0 fully saturated rings. The monoisotopic (exact) mass is 341 g/mol. The first kappa shape index (κ1) is 15.8. The third kappa shape index (κ3) is 3.31. The summed E-state index contributed by atoms with van der Waals surface area (Å²) < 4.78 is 1.06. The smallest absolute Gasteiger partial charge is 0.197 e. The molecule has 116 valence electrons. The van der Waals surface area contributed by atoms with Gasteiger partial charge in [-0.1, -0.05) is 41.9 Å². The standard InChI is InChI=1S/C19H16ClNOS/c1-21(2)11-10-16(22)19-18(13-6-4-3-5-7-13)15-12-14(20)8-9-17(15)23-19/h3-12H,1-2H3/b11-10+. The Bertz CT molecular complexity index is 881. The average Bonchev–Trinajstić information content (AvgIpc) is 2.92. The molecule has 0 aliphatic carbocycles. The quantitative estimate of drug-likeness (QED) is 0.462. The summed E-state index contributed by atoms with van der Waals surface area (Å²) in [5, 5.41) is 1.70. The van der Waals surface area contributed by atoms with Crippen LogP contribution in [-0.4, -0.2) is 24.8 Å². The zero-order valence-corrected chi connectivity index (χ0v) is 14.5. The van der Waals surface area contributed by atoms with Crippen molar-refractivity contribution in [3.8, 4) is 11.1 Å². The van der Waals surface area contributed by atoms with Crippen LogP contribution in [0.2, 0.25) is 5.02 Å². The maximum Gasteiger partial charge on any atom is 0.197 e. The zero-order chi connectivity index (χ0) is 16.4. The van der Waals surface area contributed by atoms with E-state index in [1.54, 1.807) is 12.3 Å². The van der Waals surface area contributed by atoms with Crippen LogP contribution in [0.25, 0.3) is 21.2 Å². The van der Waals surface area contributed by atoms with Crippen LogP contribution >= 0.6 is 22.9 Å². The minimum Gasteiger partial charge on any atom is -0.383 e. The molecule has 0 N–H and O–H groups in total. The molecule has 0 aliphatic rings. The molecule has 0 bridgehead atoms. The van der Waals surface area contributed by atoms with Crippen LogP contribution < -0.4 is 0 Å². The van der Waals surface area contributed by atoms with Crippen molar-refractivity contribution >= 4 is 38.8 Å². The van der Waals surface area contributed by atoms with Gasteiger partial charge in [-0.2, -0.15) is 0 Å². The summed E-state index contributed by atoms with van der Waals surface area (Å²) in [6.45, 7) is 0. The molecule has 0 saturated heterocycles. The molecular weight excluding hydrogens is 326 g/mol. The maximum atomic E-state index is 12.7. The van der Waals surface area contributed by atoms with Crippen molar-refractivity contribution in [2.75, 3.05) is 14.1 Å². The minimum atomic E-state index is 0.00914. The van der Waals surface area contributed by atoms with Crippen LogP contribution in [0.15, 0.2) is 60.8 Å². The maximum absolute atomic E-state index is 12.7. The van der Waals surface area contributed by atoms with E-state index in [1.807, 2.05) is 67.5 Å². The number of halogens is 1. The highest BCUT2D eigenvalue weighted by atomic mass is 35.5. The number of nitrogens with zero attached hydrogens (tertiary/aromatic N) is 1. The molecule has 2 nitrogen and oxygen atoms in total. The average molecular weight is 342 g/mol. The number of carbonyl (C=O) groups is 1. The first-order valence-electron chi connectivity index (χ1n) is 7.22. The van der Waals surface area contributed by atoms with Gasteiger partial charge in [0.05, 0.1) is 4.88 Å². The van der Waals surface area contributed by atoms with Gasteiger partial charge < -0.3 is 4.90 Å². The van der Waals surface area contributed by atoms with Crippen molar-refractivity contribution in [2.45, 2.75) is 0 Å². The SMILES string of the molecule is CN(C)/C=C/C(=O)c1sc2ccc(Cl)cc2c1-c1ccccc1. The molecule has 0 amide bonds. The summed E-state index contributed by atoms with van der Waals surface area (Å²) in [5.41, 5.74) is 1.99. The molecule has 3 rings (SSSR count). The van der Waals surface area contributed by atoms with Crippen LogP contribution in [0.4, 0.5) is 0 Å². The van der Waals surface area contributed by atoms with Crippen LogP contribution in [0.5, 0.6) is 0 Å². The Morgan fingerprint density at radius 1 is 1.13 bits per heavy atom. The van der Waals surface area contributed by atoms with E-state index in [9.17, 15) is 4.79 Å². The Labute approximate surface area is 144 Å². The van der Waals surface area contributed by atoms with E-state index in [4.69, 9.17) is 11.6 Å². The summed E-state index contributed by atoms with van der Waals surface area (Å²) in [7, 11) is 3.79. The van der Waals surface area contributed by atoms with Gasteiger partial charge in [-0.05, 0) is 23.8 Å². The molecule has 4 heteroatoms. The number of hydrogen-bond acceptors (Lipinski definition) is 3. The lowest BCUT2D eigenvalue weighted by molar-refractivity contribution is 0.105. The highest BCUT2D eigenvalue weighted by molar-refractivity contribution is 7.21. The van der Waals surface area contributed by atoms with E-state index < -0.39 is 0 Å². The lowest BCUT2D eigenvalue weighted by atomic mass is 10.0. The summed E-state index contributed by atoms with van der Waals surface area (Å²) in [4.78, 5) is 15.3. The number of rotatable bonds is 4. The van der Waals surface area contributed by atoms with E-state index >= 15 is 0 Å². The van der Waals surface area contributed by atoms with Crippen molar-refractivity contribution in [1.29, 1.82) is 0 Å². The van der Waals surface area contributed by atoms with E-state index in [-0.39, 0.29) is 5.78 Å². The van der Waals surface area contributed by atoms with Gasteiger partial charge in [0.1, 0.15) is 0 Å². The number of thiophene rings is 1. The first-order valence-corrected chi connectivity index (χ1v) is 8.42.